The number of halogens is 3. The molecule has 0 saturated carbocycles. The SMILES string of the molecule is NCC(c1ccc(Cl)c(Cl)c1)C(O)c1ccc(Br)s1. The molecule has 6 heteroatoms. The van der Waals surface area contributed by atoms with Gasteiger partial charge in [-0.05, 0) is 45.8 Å². The Morgan fingerprint density at radius 3 is 2.47 bits per heavy atom. The Kier molecular flexibility index (Phi) is 5.29. The summed E-state index contributed by atoms with van der Waals surface area (Å²) in [5.74, 6) is -0.208. The monoisotopic (exact) mass is 379 g/mol. The molecule has 0 spiro atoms. The lowest BCUT2D eigenvalue weighted by molar-refractivity contribution is 0.151. The van der Waals surface area contributed by atoms with Crippen molar-refractivity contribution in [1.82, 2.24) is 0 Å². The maximum Gasteiger partial charge on any atom is 0.0962 e. The summed E-state index contributed by atoms with van der Waals surface area (Å²) < 4.78 is 0.978. The average molecular weight is 381 g/mol. The molecule has 0 saturated heterocycles. The zero-order chi connectivity index (χ0) is 14.0. The van der Waals surface area contributed by atoms with E-state index in [-0.39, 0.29) is 5.92 Å². The van der Waals surface area contributed by atoms with Crippen molar-refractivity contribution in [2.75, 3.05) is 6.54 Å². The van der Waals surface area contributed by atoms with Crippen LogP contribution in [0.5, 0.6) is 0 Å². The molecule has 2 rings (SSSR count). The van der Waals surface area contributed by atoms with Crippen LogP contribution in [0.25, 0.3) is 0 Å². The lowest BCUT2D eigenvalue weighted by Crippen LogP contribution is -2.19. The predicted octanol–water partition coefficient (Wildman–Crippen LogP) is 4.59. The Bertz CT molecular complexity index is 576. The van der Waals surface area contributed by atoms with Gasteiger partial charge in [0.05, 0.1) is 19.9 Å². The number of aliphatic hydroxyl groups is 1. The summed E-state index contributed by atoms with van der Waals surface area (Å²) in [5.41, 5.74) is 6.68. The number of hydrogen-bond acceptors (Lipinski definition) is 3. The van der Waals surface area contributed by atoms with Gasteiger partial charge in [0.2, 0.25) is 0 Å². The number of nitrogens with two attached hydrogens (primary N) is 1. The highest BCUT2D eigenvalue weighted by Crippen LogP contribution is 2.37. The molecule has 0 aliphatic heterocycles. The lowest BCUT2D eigenvalue weighted by atomic mass is 9.92. The van der Waals surface area contributed by atoms with Crippen LogP contribution in [0.3, 0.4) is 0 Å². The van der Waals surface area contributed by atoms with Gasteiger partial charge < -0.3 is 10.8 Å². The Morgan fingerprint density at radius 1 is 1.21 bits per heavy atom. The summed E-state index contributed by atoms with van der Waals surface area (Å²) in [5, 5.41) is 11.4. The summed E-state index contributed by atoms with van der Waals surface area (Å²) in [7, 11) is 0. The van der Waals surface area contributed by atoms with E-state index in [9.17, 15) is 5.11 Å². The molecular weight excluding hydrogens is 369 g/mol. The second-order valence-electron chi connectivity index (χ2n) is 4.10. The van der Waals surface area contributed by atoms with E-state index in [2.05, 4.69) is 15.9 Å². The van der Waals surface area contributed by atoms with Gasteiger partial charge in [-0.2, -0.15) is 0 Å². The van der Waals surface area contributed by atoms with Gasteiger partial charge >= 0.3 is 0 Å². The lowest BCUT2D eigenvalue weighted by Gasteiger charge is -2.21. The van der Waals surface area contributed by atoms with Gasteiger partial charge in [-0.3, -0.25) is 0 Å². The molecule has 2 unspecified atom stereocenters. The molecule has 19 heavy (non-hydrogen) atoms. The zero-order valence-electron chi connectivity index (χ0n) is 9.82. The summed E-state index contributed by atoms with van der Waals surface area (Å²) in [6.45, 7) is 0.328. The second kappa shape index (κ2) is 6.57. The highest BCUT2D eigenvalue weighted by Gasteiger charge is 2.23. The normalized spacial score (nSPS) is 14.4. The molecule has 0 radical (unpaired) electrons. The Morgan fingerprint density at radius 2 is 1.95 bits per heavy atom. The van der Waals surface area contributed by atoms with Crippen LogP contribution in [0.1, 0.15) is 22.5 Å². The van der Waals surface area contributed by atoms with Crippen molar-refractivity contribution >= 4 is 50.5 Å². The quantitative estimate of drug-likeness (QED) is 0.814. The molecule has 0 fully saturated rings. The van der Waals surface area contributed by atoms with Crippen molar-refractivity contribution in [2.45, 2.75) is 12.0 Å². The van der Waals surface area contributed by atoms with Crippen LogP contribution in [0.4, 0.5) is 0 Å². The maximum atomic E-state index is 10.4. The van der Waals surface area contributed by atoms with E-state index in [1.807, 2.05) is 18.2 Å². The number of benzene rings is 1. The third kappa shape index (κ3) is 3.51. The van der Waals surface area contributed by atoms with Gasteiger partial charge in [0.15, 0.2) is 0 Å². The van der Waals surface area contributed by atoms with Crippen molar-refractivity contribution in [2.24, 2.45) is 5.73 Å². The maximum absolute atomic E-state index is 10.4. The molecule has 2 atom stereocenters. The first-order valence-corrected chi connectivity index (χ1v) is 7.97. The first-order chi connectivity index (χ1) is 9.02. The molecule has 2 nitrogen and oxygen atoms in total. The van der Waals surface area contributed by atoms with Crippen LogP contribution in [-0.4, -0.2) is 11.7 Å². The van der Waals surface area contributed by atoms with Crippen LogP contribution in [0.2, 0.25) is 10.0 Å². The minimum atomic E-state index is -0.654. The third-order valence-corrected chi connectivity index (χ3v) is 5.33. The summed E-state index contributed by atoms with van der Waals surface area (Å²) in [4.78, 5) is 0.869. The largest absolute Gasteiger partial charge is 0.387 e. The average Bonchev–Trinajstić information content (AvgIpc) is 2.81. The molecule has 0 amide bonds. The Balaban J connectivity index is 2.30. The first kappa shape index (κ1) is 15.3. The summed E-state index contributed by atoms with van der Waals surface area (Å²) in [6, 6.07) is 9.12. The third-order valence-electron chi connectivity index (χ3n) is 2.89. The minimum absolute atomic E-state index is 0.208. The molecule has 0 aliphatic carbocycles. The van der Waals surface area contributed by atoms with Crippen molar-refractivity contribution in [3.05, 3.63) is 54.6 Å². The molecule has 102 valence electrons. The first-order valence-electron chi connectivity index (χ1n) is 5.61. The Labute approximate surface area is 134 Å². The van der Waals surface area contributed by atoms with Crippen molar-refractivity contribution in [1.29, 1.82) is 0 Å². The number of hydrogen-bond donors (Lipinski definition) is 2. The molecule has 0 aliphatic rings. The topological polar surface area (TPSA) is 46.2 Å². The number of aliphatic hydroxyl groups excluding tert-OH is 1. The minimum Gasteiger partial charge on any atom is -0.387 e. The fraction of sp³-hybridized carbons (Fsp3) is 0.231. The van der Waals surface area contributed by atoms with E-state index in [0.717, 1.165) is 14.2 Å². The van der Waals surface area contributed by atoms with Crippen LogP contribution in [0.15, 0.2) is 34.1 Å². The van der Waals surface area contributed by atoms with Gasteiger partial charge in [0, 0.05) is 17.3 Å². The number of thiophene rings is 1. The second-order valence-corrected chi connectivity index (χ2v) is 7.41. The van der Waals surface area contributed by atoms with Crippen molar-refractivity contribution in [3.63, 3.8) is 0 Å². The van der Waals surface area contributed by atoms with Gasteiger partial charge in [-0.15, -0.1) is 11.3 Å². The standard InChI is InChI=1S/C13H12BrCl2NOS/c14-12-4-3-11(19-12)13(18)8(6-17)7-1-2-9(15)10(16)5-7/h1-5,8,13,18H,6,17H2. The van der Waals surface area contributed by atoms with Crippen LogP contribution in [0, 0.1) is 0 Å². The highest BCUT2D eigenvalue weighted by atomic mass is 79.9. The fourth-order valence-corrected chi connectivity index (χ4v) is 3.66. The molecule has 0 bridgehead atoms. The van der Waals surface area contributed by atoms with E-state index in [4.69, 9.17) is 28.9 Å². The van der Waals surface area contributed by atoms with Gasteiger partial charge in [0.1, 0.15) is 0 Å². The zero-order valence-corrected chi connectivity index (χ0v) is 13.7. The molecule has 1 aromatic carbocycles. The predicted molar refractivity (Wildman–Crippen MR) is 85.2 cm³/mol. The Hall–Kier alpha value is -0.100. The van der Waals surface area contributed by atoms with Gasteiger partial charge in [-0.25, -0.2) is 0 Å². The van der Waals surface area contributed by atoms with E-state index < -0.39 is 6.10 Å². The number of rotatable bonds is 4. The highest BCUT2D eigenvalue weighted by molar-refractivity contribution is 9.11. The molecule has 2 aromatic rings. The van der Waals surface area contributed by atoms with E-state index >= 15 is 0 Å². The fourth-order valence-electron chi connectivity index (χ4n) is 1.88. The van der Waals surface area contributed by atoms with Gasteiger partial charge in [-0.1, -0.05) is 29.3 Å². The van der Waals surface area contributed by atoms with Crippen molar-refractivity contribution < 1.29 is 5.11 Å². The van der Waals surface area contributed by atoms with Crippen molar-refractivity contribution in [3.8, 4) is 0 Å². The van der Waals surface area contributed by atoms with E-state index in [1.54, 1.807) is 12.1 Å². The molecular formula is C13H12BrCl2NOS. The summed E-state index contributed by atoms with van der Waals surface area (Å²) in [6.07, 6.45) is -0.654. The molecule has 1 heterocycles. The van der Waals surface area contributed by atoms with Crippen LogP contribution < -0.4 is 5.73 Å². The van der Waals surface area contributed by atoms with E-state index in [1.165, 1.54) is 11.3 Å². The van der Waals surface area contributed by atoms with E-state index in [0.29, 0.717) is 16.6 Å². The molecule has 1 aromatic heterocycles. The van der Waals surface area contributed by atoms with Crippen LogP contribution >= 0.6 is 50.5 Å². The van der Waals surface area contributed by atoms with Gasteiger partial charge in [0.25, 0.3) is 0 Å². The summed E-state index contributed by atoms with van der Waals surface area (Å²) >= 11 is 16.8. The smallest absolute Gasteiger partial charge is 0.0962 e. The molecule has 3 N–H and O–H groups in total. The van der Waals surface area contributed by atoms with Crippen LogP contribution in [-0.2, 0) is 0 Å².